The summed E-state index contributed by atoms with van der Waals surface area (Å²) in [5, 5.41) is 7.47. The smallest absolute Gasteiger partial charge is 0.0323 e. The fourth-order valence-corrected chi connectivity index (χ4v) is 0.268. The van der Waals surface area contributed by atoms with Crippen molar-refractivity contribution >= 4 is 0 Å². The van der Waals surface area contributed by atoms with Crippen molar-refractivity contribution in [3.05, 3.63) is 13.5 Å². The summed E-state index contributed by atoms with van der Waals surface area (Å²) in [6.07, 6.45) is 0. The van der Waals surface area contributed by atoms with Crippen molar-refractivity contribution in [2.24, 2.45) is 16.1 Å². The normalized spacial score (nSPS) is 11.5. The van der Waals surface area contributed by atoms with E-state index in [9.17, 15) is 0 Å². The van der Waals surface area contributed by atoms with Gasteiger partial charge in [0.05, 0.1) is 0 Å². The molecule has 2 radical (unpaired) electrons. The van der Waals surface area contributed by atoms with Crippen molar-refractivity contribution in [2.45, 2.75) is 13.8 Å². The van der Waals surface area contributed by atoms with Crippen molar-refractivity contribution in [3.8, 4) is 0 Å². The van der Waals surface area contributed by atoms with Gasteiger partial charge < -0.3 is 12.0 Å². The number of azo groups is 1. The molecule has 0 spiro atoms. The Labute approximate surface area is 114 Å². The van der Waals surface area contributed by atoms with E-state index in [0.29, 0.717) is 5.92 Å². The summed E-state index contributed by atoms with van der Waals surface area (Å²) in [4.78, 5) is 0. The third-order valence-electron chi connectivity index (χ3n) is 0.590. The van der Waals surface area contributed by atoms with Gasteiger partial charge in [0.1, 0.15) is 0 Å². The van der Waals surface area contributed by atoms with Gasteiger partial charge in [0.15, 0.2) is 0 Å². The Balaban J connectivity index is -0.000000245. The van der Waals surface area contributed by atoms with Gasteiger partial charge in [0.2, 0.25) is 0 Å². The van der Waals surface area contributed by atoms with Crippen LogP contribution in [-0.2, 0) is 65.4 Å². The predicted octanol–water partition coefficient (Wildman–Crippen LogP) is 2.09. The predicted molar refractivity (Wildman–Crippen MR) is 34.2 cm³/mol. The van der Waals surface area contributed by atoms with Crippen LogP contribution in [0.1, 0.15) is 13.8 Å². The molecule has 0 fully saturated rings. The molecular formula is C6H12N2Y2-2. The minimum absolute atomic E-state index is 0. The average molecular weight is 290 g/mol. The molecule has 0 N–H and O–H groups in total. The maximum Gasteiger partial charge on any atom is 0.0323 e. The van der Waals surface area contributed by atoms with E-state index in [1.807, 2.05) is 13.8 Å². The Kier molecular flexibility index (Phi) is 23.5. The van der Waals surface area contributed by atoms with Crippen LogP contribution < -0.4 is 0 Å². The van der Waals surface area contributed by atoms with Crippen LogP contribution in [0.4, 0.5) is 0 Å². The van der Waals surface area contributed by atoms with Gasteiger partial charge in [-0.2, -0.15) is 12.8 Å². The Hall–Kier alpha value is 1.68. The van der Waals surface area contributed by atoms with E-state index >= 15 is 0 Å². The van der Waals surface area contributed by atoms with Crippen LogP contribution in [0.5, 0.6) is 0 Å². The zero-order chi connectivity index (χ0) is 6.41. The van der Waals surface area contributed by atoms with Crippen LogP contribution in [0.2, 0.25) is 0 Å². The maximum absolute atomic E-state index is 3.80. The number of hydrogen-bond donors (Lipinski definition) is 0. The molecule has 10 heavy (non-hydrogen) atoms. The zero-order valence-corrected chi connectivity index (χ0v) is 12.3. The van der Waals surface area contributed by atoms with E-state index in [-0.39, 0.29) is 65.4 Å². The third kappa shape index (κ3) is 16.3. The summed E-state index contributed by atoms with van der Waals surface area (Å²) in [7, 11) is 0. The molecule has 1 atom stereocenters. The summed E-state index contributed by atoms with van der Waals surface area (Å²) >= 11 is 0. The summed E-state index contributed by atoms with van der Waals surface area (Å²) in [5.74, 6) is 0.374. The van der Waals surface area contributed by atoms with E-state index in [4.69, 9.17) is 0 Å². The summed E-state index contributed by atoms with van der Waals surface area (Å²) < 4.78 is 0. The van der Waals surface area contributed by atoms with E-state index in [0.717, 1.165) is 6.54 Å². The zero-order valence-electron chi connectivity index (χ0n) is 6.62. The summed E-state index contributed by atoms with van der Waals surface area (Å²) in [5.41, 5.74) is 0. The topological polar surface area (TPSA) is 24.7 Å². The van der Waals surface area contributed by atoms with Gasteiger partial charge in [-0.25, -0.2) is 5.11 Å². The van der Waals surface area contributed by atoms with Gasteiger partial charge >= 0.3 is 0 Å². The Morgan fingerprint density at radius 1 is 1.50 bits per heavy atom. The number of rotatable bonds is 3. The van der Waals surface area contributed by atoms with Crippen molar-refractivity contribution in [2.75, 3.05) is 6.54 Å². The first-order valence-corrected chi connectivity index (χ1v) is 2.75. The van der Waals surface area contributed by atoms with Crippen LogP contribution >= 0.6 is 0 Å². The number of nitrogens with zero attached hydrogens (tertiary/aromatic N) is 2. The molecule has 0 aromatic carbocycles. The molecule has 0 aliphatic rings. The summed E-state index contributed by atoms with van der Waals surface area (Å²) in [6, 6.07) is 0. The van der Waals surface area contributed by atoms with Crippen LogP contribution in [0.3, 0.4) is 0 Å². The van der Waals surface area contributed by atoms with E-state index in [1.54, 1.807) is 6.54 Å². The van der Waals surface area contributed by atoms with E-state index < -0.39 is 0 Å². The van der Waals surface area contributed by atoms with Gasteiger partial charge in [-0.1, -0.05) is 6.92 Å². The number of hydrogen-bond acceptors (Lipinski definition) is 2. The SMILES string of the molecule is [CH2-][C@H](C)CN=N[CH-]C.[Y].[Y]. The Morgan fingerprint density at radius 3 is 2.30 bits per heavy atom. The third-order valence-corrected chi connectivity index (χ3v) is 0.590. The van der Waals surface area contributed by atoms with Crippen molar-refractivity contribution in [1.29, 1.82) is 0 Å². The molecule has 0 saturated heterocycles. The van der Waals surface area contributed by atoms with Gasteiger partial charge in [-0.15, -0.1) is 0 Å². The molecule has 0 saturated carbocycles. The monoisotopic (exact) mass is 290 g/mol. The van der Waals surface area contributed by atoms with Crippen LogP contribution in [-0.4, -0.2) is 6.54 Å². The molecule has 0 amide bonds. The van der Waals surface area contributed by atoms with Crippen molar-refractivity contribution in [1.82, 2.24) is 0 Å². The van der Waals surface area contributed by atoms with Crippen LogP contribution in [0.25, 0.3) is 0 Å². The Bertz CT molecular complexity index is 74.1. The maximum atomic E-state index is 3.80. The molecule has 0 aliphatic heterocycles. The second-order valence-electron chi connectivity index (χ2n) is 1.80. The fraction of sp³-hybridized carbons (Fsp3) is 0.667. The molecule has 0 bridgehead atoms. The molecule has 0 aromatic heterocycles. The average Bonchev–Trinajstić information content (AvgIpc) is 1.66. The minimum Gasteiger partial charge on any atom is -0.356 e. The second kappa shape index (κ2) is 13.3. The van der Waals surface area contributed by atoms with Gasteiger partial charge in [0.25, 0.3) is 0 Å². The van der Waals surface area contributed by atoms with Gasteiger partial charge in [-0.3, -0.25) is 6.54 Å². The molecule has 0 heterocycles. The Morgan fingerprint density at radius 2 is 2.00 bits per heavy atom. The van der Waals surface area contributed by atoms with E-state index in [2.05, 4.69) is 17.2 Å². The molecule has 54 valence electrons. The fourth-order valence-electron chi connectivity index (χ4n) is 0.268. The second-order valence-corrected chi connectivity index (χ2v) is 1.80. The standard InChI is InChI=1S/C6H12N2.2Y/c1-4-7-8-5-6(2)3;;/h4,6H,2,5H2,1,3H3;;/q-2;;/t6-;;/m1../s1. The first kappa shape index (κ1) is 17.7. The van der Waals surface area contributed by atoms with Crippen LogP contribution in [0, 0.1) is 19.4 Å². The first-order valence-electron chi connectivity index (χ1n) is 2.75. The molecule has 2 nitrogen and oxygen atoms in total. The van der Waals surface area contributed by atoms with Crippen molar-refractivity contribution < 1.29 is 65.4 Å². The first-order chi connectivity index (χ1) is 3.77. The molecule has 4 heteroatoms. The van der Waals surface area contributed by atoms with Gasteiger partial charge in [-0.05, 0) is 0 Å². The van der Waals surface area contributed by atoms with Crippen molar-refractivity contribution in [3.63, 3.8) is 0 Å². The van der Waals surface area contributed by atoms with E-state index in [1.165, 1.54) is 0 Å². The molecule has 0 unspecified atom stereocenters. The molecule has 0 aromatic rings. The molecular weight excluding hydrogens is 278 g/mol. The van der Waals surface area contributed by atoms with Gasteiger partial charge in [0, 0.05) is 72.0 Å². The quantitative estimate of drug-likeness (QED) is 0.561. The largest absolute Gasteiger partial charge is 0.356 e. The molecule has 0 aliphatic carbocycles. The minimum atomic E-state index is 0. The van der Waals surface area contributed by atoms with Crippen LogP contribution in [0.15, 0.2) is 10.2 Å². The summed E-state index contributed by atoms with van der Waals surface area (Å²) in [6.45, 7) is 9.99. The molecule has 0 rings (SSSR count).